The Bertz CT molecular complexity index is 656. The van der Waals surface area contributed by atoms with E-state index in [4.69, 9.17) is 5.73 Å². The van der Waals surface area contributed by atoms with Crippen LogP contribution in [0.15, 0.2) is 40.3 Å². The highest BCUT2D eigenvalue weighted by molar-refractivity contribution is 7.99. The van der Waals surface area contributed by atoms with E-state index in [1.54, 1.807) is 12.1 Å². The molecule has 0 amide bonds. The smallest absolute Gasteiger partial charge is 0.356 e. The third-order valence-corrected chi connectivity index (χ3v) is 3.99. The van der Waals surface area contributed by atoms with Crippen LogP contribution in [0.25, 0.3) is 0 Å². The van der Waals surface area contributed by atoms with Crippen LogP contribution < -0.4 is 5.73 Å². The summed E-state index contributed by atoms with van der Waals surface area (Å²) in [5.41, 5.74) is 9.15. The summed E-state index contributed by atoms with van der Waals surface area (Å²) in [7, 11) is 1.33. The molecule has 0 radical (unpaired) electrons. The number of pyridine rings is 1. The Morgan fingerprint density at radius 3 is 2.60 bits per heavy atom. The van der Waals surface area contributed by atoms with E-state index in [0.717, 1.165) is 4.90 Å². The van der Waals surface area contributed by atoms with E-state index in [2.05, 4.69) is 35.7 Å². The van der Waals surface area contributed by atoms with E-state index >= 15 is 0 Å². The number of aryl methyl sites for hydroxylation is 2. The number of ether oxygens (including phenoxy) is 1. The fourth-order valence-corrected chi connectivity index (χ4v) is 2.57. The zero-order valence-electron chi connectivity index (χ0n) is 11.6. The van der Waals surface area contributed by atoms with E-state index < -0.39 is 5.97 Å². The van der Waals surface area contributed by atoms with Crippen molar-refractivity contribution in [2.75, 3.05) is 12.8 Å². The lowest BCUT2D eigenvalue weighted by Crippen LogP contribution is -2.05. The Kier molecular flexibility index (Phi) is 4.29. The van der Waals surface area contributed by atoms with Crippen LogP contribution in [0.1, 0.15) is 21.6 Å². The van der Waals surface area contributed by atoms with E-state index in [9.17, 15) is 4.79 Å². The number of esters is 1. The molecule has 0 aliphatic rings. The molecule has 4 nitrogen and oxygen atoms in total. The number of benzene rings is 1. The number of anilines is 1. The zero-order valence-corrected chi connectivity index (χ0v) is 12.5. The molecule has 5 heteroatoms. The van der Waals surface area contributed by atoms with Crippen molar-refractivity contribution in [1.29, 1.82) is 0 Å². The summed E-state index contributed by atoms with van der Waals surface area (Å²) in [5.74, 6) is -0.466. The van der Waals surface area contributed by atoms with Crippen molar-refractivity contribution >= 4 is 23.4 Å². The number of methoxy groups -OCH3 is 1. The van der Waals surface area contributed by atoms with E-state index in [1.807, 2.05) is 6.07 Å². The molecule has 104 valence electrons. The van der Waals surface area contributed by atoms with Crippen molar-refractivity contribution in [3.8, 4) is 0 Å². The van der Waals surface area contributed by atoms with Crippen LogP contribution >= 0.6 is 11.8 Å². The molecule has 0 bridgehead atoms. The number of carbonyl (C=O) groups excluding carboxylic acids is 1. The molecule has 0 saturated carbocycles. The van der Waals surface area contributed by atoms with Crippen molar-refractivity contribution in [3.63, 3.8) is 0 Å². The normalized spacial score (nSPS) is 10.3. The lowest BCUT2D eigenvalue weighted by atomic mass is 10.1. The lowest BCUT2D eigenvalue weighted by Gasteiger charge is -2.08. The minimum Gasteiger partial charge on any atom is -0.464 e. The molecule has 0 unspecified atom stereocenters. The number of hydrogen-bond donors (Lipinski definition) is 1. The third-order valence-electron chi connectivity index (χ3n) is 2.98. The van der Waals surface area contributed by atoms with Crippen molar-refractivity contribution in [2.45, 2.75) is 23.8 Å². The summed E-state index contributed by atoms with van der Waals surface area (Å²) in [4.78, 5) is 16.8. The van der Waals surface area contributed by atoms with Crippen molar-refractivity contribution in [2.24, 2.45) is 0 Å². The van der Waals surface area contributed by atoms with E-state index in [-0.39, 0.29) is 5.69 Å². The molecule has 0 atom stereocenters. The number of nitrogens with zero attached hydrogens (tertiary/aromatic N) is 1. The Morgan fingerprint density at radius 1 is 1.20 bits per heavy atom. The largest absolute Gasteiger partial charge is 0.464 e. The maximum atomic E-state index is 11.5. The van der Waals surface area contributed by atoms with Gasteiger partial charge in [0, 0.05) is 4.90 Å². The van der Waals surface area contributed by atoms with Crippen LogP contribution in [0.2, 0.25) is 0 Å². The van der Waals surface area contributed by atoms with Crippen LogP contribution in [0.5, 0.6) is 0 Å². The Labute approximate surface area is 122 Å². The van der Waals surface area contributed by atoms with E-state index in [1.165, 1.54) is 30.0 Å². The Hall–Kier alpha value is -2.01. The summed E-state index contributed by atoms with van der Waals surface area (Å²) in [5, 5.41) is 0.608. The summed E-state index contributed by atoms with van der Waals surface area (Å²) >= 11 is 1.44. The first-order valence-corrected chi connectivity index (χ1v) is 6.93. The van der Waals surface area contributed by atoms with Gasteiger partial charge in [-0.15, -0.1) is 0 Å². The average molecular weight is 288 g/mol. The highest BCUT2D eigenvalue weighted by atomic mass is 32.2. The molecule has 1 aromatic heterocycles. The number of rotatable bonds is 3. The molecule has 2 aromatic rings. The van der Waals surface area contributed by atoms with Gasteiger partial charge in [0.05, 0.1) is 12.8 Å². The monoisotopic (exact) mass is 288 g/mol. The predicted molar refractivity (Wildman–Crippen MR) is 80.0 cm³/mol. The van der Waals surface area contributed by atoms with Gasteiger partial charge in [-0.1, -0.05) is 17.8 Å². The molecule has 0 fully saturated rings. The molecule has 0 aliphatic carbocycles. The Balaban J connectivity index is 2.32. The molecule has 0 spiro atoms. The first-order chi connectivity index (χ1) is 9.51. The number of nitrogen functional groups attached to an aromatic ring is 1. The highest BCUT2D eigenvalue weighted by Gasteiger charge is 2.11. The summed E-state index contributed by atoms with van der Waals surface area (Å²) in [6, 6.07) is 9.37. The second-order valence-corrected chi connectivity index (χ2v) is 5.49. The van der Waals surface area contributed by atoms with Crippen LogP contribution in [0.4, 0.5) is 5.69 Å². The molecular weight excluding hydrogens is 272 g/mol. The zero-order chi connectivity index (χ0) is 14.7. The molecule has 2 N–H and O–H groups in total. The number of hydrogen-bond acceptors (Lipinski definition) is 5. The first kappa shape index (κ1) is 14.4. The van der Waals surface area contributed by atoms with Gasteiger partial charge in [-0.05, 0) is 49.2 Å². The van der Waals surface area contributed by atoms with Crippen molar-refractivity contribution < 1.29 is 9.53 Å². The molecule has 20 heavy (non-hydrogen) atoms. The van der Waals surface area contributed by atoms with Crippen molar-refractivity contribution in [1.82, 2.24) is 4.98 Å². The molecule has 1 heterocycles. The standard InChI is InChI=1S/C15H16N2O2S/c1-9-4-5-11(8-10(9)2)20-14-12(16)6-7-13(17-14)15(18)19-3/h4-8H,16H2,1-3H3. The maximum Gasteiger partial charge on any atom is 0.356 e. The van der Waals surface area contributed by atoms with Gasteiger partial charge in [0.2, 0.25) is 0 Å². The lowest BCUT2D eigenvalue weighted by molar-refractivity contribution is 0.0593. The first-order valence-electron chi connectivity index (χ1n) is 6.11. The maximum absolute atomic E-state index is 11.5. The minimum atomic E-state index is -0.466. The highest BCUT2D eigenvalue weighted by Crippen LogP contribution is 2.31. The van der Waals surface area contributed by atoms with Gasteiger partial charge in [0.15, 0.2) is 0 Å². The van der Waals surface area contributed by atoms with Gasteiger partial charge < -0.3 is 10.5 Å². The van der Waals surface area contributed by atoms with Gasteiger partial charge in [-0.25, -0.2) is 9.78 Å². The molecule has 0 aliphatic heterocycles. The summed E-state index contributed by atoms with van der Waals surface area (Å²) in [6.45, 7) is 4.12. The van der Waals surface area contributed by atoms with E-state index in [0.29, 0.717) is 10.7 Å². The summed E-state index contributed by atoms with van der Waals surface area (Å²) in [6.07, 6.45) is 0. The number of nitrogens with two attached hydrogens (primary N) is 1. The Morgan fingerprint density at radius 2 is 1.95 bits per heavy atom. The summed E-state index contributed by atoms with van der Waals surface area (Å²) < 4.78 is 4.66. The quantitative estimate of drug-likeness (QED) is 0.878. The fraction of sp³-hybridized carbons (Fsp3) is 0.200. The second kappa shape index (κ2) is 5.96. The molecular formula is C15H16N2O2S. The van der Waals surface area contributed by atoms with Gasteiger partial charge in [0.25, 0.3) is 0 Å². The fourth-order valence-electron chi connectivity index (χ4n) is 1.64. The van der Waals surface area contributed by atoms with Crippen LogP contribution in [-0.2, 0) is 4.74 Å². The SMILES string of the molecule is COC(=O)c1ccc(N)c(Sc2ccc(C)c(C)c2)n1. The molecule has 2 rings (SSSR count). The van der Waals surface area contributed by atoms with Crippen LogP contribution in [0.3, 0.4) is 0 Å². The second-order valence-electron chi connectivity index (χ2n) is 4.43. The topological polar surface area (TPSA) is 65.2 Å². The van der Waals surface area contributed by atoms with Crippen LogP contribution in [-0.4, -0.2) is 18.1 Å². The minimum absolute atomic E-state index is 0.257. The predicted octanol–water partition coefficient (Wildman–Crippen LogP) is 3.22. The molecule has 0 saturated heterocycles. The van der Waals surface area contributed by atoms with Gasteiger partial charge in [-0.3, -0.25) is 0 Å². The third kappa shape index (κ3) is 3.11. The molecule has 1 aromatic carbocycles. The number of aromatic nitrogens is 1. The van der Waals surface area contributed by atoms with Gasteiger partial charge in [0.1, 0.15) is 10.7 Å². The average Bonchev–Trinajstić information content (AvgIpc) is 2.44. The van der Waals surface area contributed by atoms with Gasteiger partial charge in [-0.2, -0.15) is 0 Å². The van der Waals surface area contributed by atoms with Gasteiger partial charge >= 0.3 is 5.97 Å². The van der Waals surface area contributed by atoms with Crippen molar-refractivity contribution in [3.05, 3.63) is 47.2 Å². The number of carbonyl (C=O) groups is 1. The van der Waals surface area contributed by atoms with Crippen LogP contribution in [0, 0.1) is 13.8 Å².